The monoisotopic (exact) mass is 373 g/mol. The van der Waals surface area contributed by atoms with Crippen LogP contribution >= 0.6 is 11.6 Å². The molecule has 2 aliphatic heterocycles. The van der Waals surface area contributed by atoms with Crippen molar-refractivity contribution in [2.24, 2.45) is 0 Å². The number of rotatable bonds is 3. The first-order chi connectivity index (χ1) is 12.6. The second-order valence-corrected chi connectivity index (χ2v) is 7.03. The number of fused-ring (bicyclic) bond motifs is 1. The Morgan fingerprint density at radius 3 is 3.00 bits per heavy atom. The van der Waals surface area contributed by atoms with E-state index < -0.39 is 6.04 Å². The zero-order valence-electron chi connectivity index (χ0n) is 14.5. The van der Waals surface area contributed by atoms with E-state index in [-0.39, 0.29) is 11.8 Å². The quantitative estimate of drug-likeness (QED) is 0.856. The number of aromatic amines is 1. The number of hydrogen-bond acceptors (Lipinski definition) is 4. The second kappa shape index (κ2) is 6.74. The van der Waals surface area contributed by atoms with E-state index in [1.807, 2.05) is 18.2 Å². The van der Waals surface area contributed by atoms with Gasteiger partial charge in [0.25, 0.3) is 5.91 Å². The van der Waals surface area contributed by atoms with E-state index in [9.17, 15) is 9.59 Å². The molecule has 1 aromatic heterocycles. The Morgan fingerprint density at radius 2 is 2.19 bits per heavy atom. The summed E-state index contributed by atoms with van der Waals surface area (Å²) in [5.41, 5.74) is 2.99. The highest BCUT2D eigenvalue weighted by molar-refractivity contribution is 6.34. The lowest BCUT2D eigenvalue weighted by Crippen LogP contribution is -2.43. The largest absolute Gasteiger partial charge is 0.328 e. The Hall–Kier alpha value is -2.38. The van der Waals surface area contributed by atoms with Crippen molar-refractivity contribution in [2.45, 2.75) is 25.4 Å². The number of halogens is 1. The SMILES string of the molecule is CN(C(=O)c1n[nH]c2c1CNCC2)C1CCN(c2ccccc2Cl)C1=O. The number of amides is 2. The highest BCUT2D eigenvalue weighted by Gasteiger charge is 2.39. The predicted molar refractivity (Wildman–Crippen MR) is 98.3 cm³/mol. The smallest absolute Gasteiger partial charge is 0.275 e. The number of aromatic nitrogens is 2. The standard InChI is InChI=1S/C18H20ClN5O2/c1-23(18(26)16-11-10-20-8-6-13(11)21-22-16)15-7-9-24(17(15)25)14-5-3-2-4-12(14)19/h2-5,15,20H,6-10H2,1H3,(H,21,22). The highest BCUT2D eigenvalue weighted by atomic mass is 35.5. The molecule has 3 heterocycles. The van der Waals surface area contributed by atoms with Crippen LogP contribution in [0.5, 0.6) is 0 Å². The van der Waals surface area contributed by atoms with Crippen molar-refractivity contribution in [1.29, 1.82) is 0 Å². The van der Waals surface area contributed by atoms with Crippen LogP contribution in [-0.4, -0.2) is 53.1 Å². The van der Waals surface area contributed by atoms with Crippen molar-refractivity contribution in [3.63, 3.8) is 0 Å². The van der Waals surface area contributed by atoms with E-state index >= 15 is 0 Å². The van der Waals surface area contributed by atoms with Gasteiger partial charge in [0.15, 0.2) is 5.69 Å². The van der Waals surface area contributed by atoms with Gasteiger partial charge in [-0.25, -0.2) is 0 Å². The summed E-state index contributed by atoms with van der Waals surface area (Å²) in [5, 5.41) is 10.9. The average Bonchev–Trinajstić information content (AvgIpc) is 3.25. The molecule has 1 atom stereocenters. The van der Waals surface area contributed by atoms with E-state index in [0.717, 1.165) is 24.2 Å². The van der Waals surface area contributed by atoms with Gasteiger partial charge in [-0.2, -0.15) is 5.10 Å². The number of nitrogens with zero attached hydrogens (tertiary/aromatic N) is 3. The van der Waals surface area contributed by atoms with Crippen LogP contribution < -0.4 is 10.2 Å². The van der Waals surface area contributed by atoms with Crippen molar-refractivity contribution < 1.29 is 9.59 Å². The molecule has 0 aliphatic carbocycles. The minimum absolute atomic E-state index is 0.114. The summed E-state index contributed by atoms with van der Waals surface area (Å²) in [4.78, 5) is 29.0. The van der Waals surface area contributed by atoms with Crippen molar-refractivity contribution in [1.82, 2.24) is 20.4 Å². The minimum atomic E-state index is -0.511. The first-order valence-corrected chi connectivity index (χ1v) is 9.05. The van der Waals surface area contributed by atoms with Gasteiger partial charge in [0.2, 0.25) is 5.91 Å². The summed E-state index contributed by atoms with van der Waals surface area (Å²) in [6, 6.07) is 6.74. The van der Waals surface area contributed by atoms with Crippen LogP contribution in [0.1, 0.15) is 28.2 Å². The van der Waals surface area contributed by atoms with Crippen molar-refractivity contribution in [3.05, 3.63) is 46.2 Å². The summed E-state index contributed by atoms with van der Waals surface area (Å²) in [6.07, 6.45) is 1.39. The Balaban J connectivity index is 1.55. The Kier molecular flexibility index (Phi) is 4.42. The second-order valence-electron chi connectivity index (χ2n) is 6.62. The van der Waals surface area contributed by atoms with Gasteiger partial charge in [-0.1, -0.05) is 23.7 Å². The topological polar surface area (TPSA) is 81.3 Å². The molecule has 2 aromatic rings. The summed E-state index contributed by atoms with van der Waals surface area (Å²) in [6.45, 7) is 2.02. The third-order valence-electron chi connectivity index (χ3n) is 5.12. The van der Waals surface area contributed by atoms with E-state index in [4.69, 9.17) is 11.6 Å². The lowest BCUT2D eigenvalue weighted by Gasteiger charge is -2.24. The molecule has 0 radical (unpaired) electrons. The number of para-hydroxylation sites is 1. The number of hydrogen-bond donors (Lipinski definition) is 2. The predicted octanol–water partition coefficient (Wildman–Crippen LogP) is 1.59. The fourth-order valence-electron chi connectivity index (χ4n) is 3.64. The molecule has 26 heavy (non-hydrogen) atoms. The molecule has 0 spiro atoms. The number of H-pyrrole nitrogens is 1. The van der Waals surface area contributed by atoms with E-state index in [0.29, 0.717) is 35.9 Å². The first-order valence-electron chi connectivity index (χ1n) is 8.68. The van der Waals surface area contributed by atoms with Gasteiger partial charge in [0.05, 0.1) is 10.7 Å². The number of likely N-dealkylation sites (N-methyl/N-ethyl adjacent to an activating group) is 1. The molecule has 2 aliphatic rings. The van der Waals surface area contributed by atoms with Crippen LogP contribution in [0.2, 0.25) is 5.02 Å². The number of carbonyl (C=O) groups is 2. The molecule has 1 saturated heterocycles. The zero-order valence-corrected chi connectivity index (χ0v) is 15.2. The third kappa shape index (κ3) is 2.77. The molecule has 0 bridgehead atoms. The number of anilines is 1. The summed E-state index contributed by atoms with van der Waals surface area (Å²) >= 11 is 6.22. The van der Waals surface area contributed by atoms with Crippen LogP contribution in [0.3, 0.4) is 0 Å². The Bertz CT molecular complexity index is 865. The molecular formula is C18H20ClN5O2. The van der Waals surface area contributed by atoms with E-state index in [1.54, 1.807) is 18.0 Å². The van der Waals surface area contributed by atoms with Crippen LogP contribution in [-0.2, 0) is 17.8 Å². The summed E-state index contributed by atoms with van der Waals surface area (Å²) in [5.74, 6) is -0.345. The third-order valence-corrected chi connectivity index (χ3v) is 5.44. The van der Waals surface area contributed by atoms with Gasteiger partial charge < -0.3 is 15.1 Å². The maximum atomic E-state index is 12.9. The highest BCUT2D eigenvalue weighted by Crippen LogP contribution is 2.30. The molecule has 2 amide bonds. The van der Waals surface area contributed by atoms with Crippen molar-refractivity contribution >= 4 is 29.1 Å². The van der Waals surface area contributed by atoms with Crippen LogP contribution in [0.25, 0.3) is 0 Å². The van der Waals surface area contributed by atoms with Gasteiger partial charge in [-0.15, -0.1) is 0 Å². The van der Waals surface area contributed by atoms with Crippen LogP contribution in [0.15, 0.2) is 24.3 Å². The molecule has 136 valence electrons. The lowest BCUT2D eigenvalue weighted by molar-refractivity contribution is -0.120. The fraction of sp³-hybridized carbons (Fsp3) is 0.389. The van der Waals surface area contributed by atoms with Gasteiger partial charge in [-0.3, -0.25) is 14.7 Å². The van der Waals surface area contributed by atoms with Crippen LogP contribution in [0, 0.1) is 0 Å². The van der Waals surface area contributed by atoms with Gasteiger partial charge in [0.1, 0.15) is 6.04 Å². The first kappa shape index (κ1) is 17.1. The summed E-state index contributed by atoms with van der Waals surface area (Å²) < 4.78 is 0. The molecular weight excluding hydrogens is 354 g/mol. The van der Waals surface area contributed by atoms with E-state index in [1.165, 1.54) is 4.90 Å². The van der Waals surface area contributed by atoms with Gasteiger partial charge in [0, 0.05) is 44.4 Å². The zero-order chi connectivity index (χ0) is 18.3. The number of benzene rings is 1. The van der Waals surface area contributed by atoms with Crippen molar-refractivity contribution in [2.75, 3.05) is 25.0 Å². The molecule has 2 N–H and O–H groups in total. The molecule has 4 rings (SSSR count). The molecule has 1 unspecified atom stereocenters. The van der Waals surface area contributed by atoms with Crippen molar-refractivity contribution in [3.8, 4) is 0 Å². The Morgan fingerprint density at radius 1 is 1.38 bits per heavy atom. The molecule has 0 saturated carbocycles. The molecule has 8 heteroatoms. The molecule has 1 aromatic carbocycles. The van der Waals surface area contributed by atoms with Crippen LogP contribution in [0.4, 0.5) is 5.69 Å². The maximum absolute atomic E-state index is 12.9. The van der Waals surface area contributed by atoms with E-state index in [2.05, 4.69) is 15.5 Å². The lowest BCUT2D eigenvalue weighted by atomic mass is 10.1. The Labute approximate surface area is 156 Å². The number of carbonyl (C=O) groups excluding carboxylic acids is 2. The summed E-state index contributed by atoms with van der Waals surface area (Å²) in [7, 11) is 1.67. The maximum Gasteiger partial charge on any atom is 0.275 e. The number of nitrogens with one attached hydrogen (secondary N) is 2. The molecule has 1 fully saturated rings. The fourth-order valence-corrected chi connectivity index (χ4v) is 3.88. The minimum Gasteiger partial charge on any atom is -0.328 e. The van der Waals surface area contributed by atoms with Gasteiger partial charge >= 0.3 is 0 Å². The normalized spacial score (nSPS) is 19.5. The molecule has 7 nitrogen and oxygen atoms in total. The van der Waals surface area contributed by atoms with Gasteiger partial charge in [-0.05, 0) is 18.6 Å². The average molecular weight is 374 g/mol.